The summed E-state index contributed by atoms with van der Waals surface area (Å²) in [7, 11) is 1.40. The Morgan fingerprint density at radius 1 is 1.22 bits per heavy atom. The fourth-order valence-electron chi connectivity index (χ4n) is 1.85. The summed E-state index contributed by atoms with van der Waals surface area (Å²) in [6.07, 6.45) is 2.45. The fraction of sp³-hybridized carbons (Fsp3) is 0.533. The van der Waals surface area contributed by atoms with E-state index in [1.807, 2.05) is 24.3 Å². The summed E-state index contributed by atoms with van der Waals surface area (Å²) in [6, 6.07) is 7.66. The van der Waals surface area contributed by atoms with Crippen molar-refractivity contribution in [3.8, 4) is 0 Å². The molecule has 100 valence electrons. The van der Waals surface area contributed by atoms with Crippen LogP contribution in [-0.2, 0) is 11.3 Å². The summed E-state index contributed by atoms with van der Waals surface area (Å²) in [5.74, 6) is -0.278. The Hall–Kier alpha value is -1.35. The monoisotopic (exact) mass is 249 g/mol. The maximum atomic E-state index is 11.3. The van der Waals surface area contributed by atoms with Gasteiger partial charge in [0.15, 0.2) is 0 Å². The summed E-state index contributed by atoms with van der Waals surface area (Å²) < 4.78 is 4.68. The Labute approximate surface area is 110 Å². The molecule has 0 amide bonds. The quantitative estimate of drug-likeness (QED) is 0.695. The van der Waals surface area contributed by atoms with Gasteiger partial charge in [-0.1, -0.05) is 32.4 Å². The van der Waals surface area contributed by atoms with Crippen LogP contribution in [0.25, 0.3) is 0 Å². The molecule has 0 bridgehead atoms. The lowest BCUT2D eigenvalue weighted by Crippen LogP contribution is -2.23. The summed E-state index contributed by atoms with van der Waals surface area (Å²) >= 11 is 0. The van der Waals surface area contributed by atoms with Crippen LogP contribution in [0.4, 0.5) is 0 Å². The van der Waals surface area contributed by atoms with Crippen LogP contribution in [0.2, 0.25) is 0 Å². The molecule has 0 saturated heterocycles. The average molecular weight is 249 g/mol. The van der Waals surface area contributed by atoms with E-state index in [1.165, 1.54) is 25.5 Å². The van der Waals surface area contributed by atoms with Crippen LogP contribution in [0.5, 0.6) is 0 Å². The molecule has 1 aromatic rings. The van der Waals surface area contributed by atoms with Crippen molar-refractivity contribution in [2.75, 3.05) is 20.2 Å². The summed E-state index contributed by atoms with van der Waals surface area (Å²) in [5.41, 5.74) is 1.85. The zero-order chi connectivity index (χ0) is 13.4. The van der Waals surface area contributed by atoms with Gasteiger partial charge in [-0.05, 0) is 37.2 Å². The molecule has 0 heterocycles. The highest BCUT2D eigenvalue weighted by atomic mass is 16.5. The second-order valence-corrected chi connectivity index (χ2v) is 4.41. The minimum Gasteiger partial charge on any atom is -0.465 e. The van der Waals surface area contributed by atoms with E-state index in [0.717, 1.165) is 19.6 Å². The van der Waals surface area contributed by atoms with Gasteiger partial charge in [-0.25, -0.2) is 4.79 Å². The molecule has 0 spiro atoms. The second-order valence-electron chi connectivity index (χ2n) is 4.41. The van der Waals surface area contributed by atoms with Gasteiger partial charge < -0.3 is 4.74 Å². The first-order valence-corrected chi connectivity index (χ1v) is 6.60. The van der Waals surface area contributed by atoms with Crippen molar-refractivity contribution in [2.45, 2.75) is 33.2 Å². The Kier molecular flexibility index (Phi) is 6.44. The van der Waals surface area contributed by atoms with Crippen molar-refractivity contribution in [1.82, 2.24) is 4.90 Å². The molecule has 3 heteroatoms. The number of hydrogen-bond donors (Lipinski definition) is 0. The van der Waals surface area contributed by atoms with Gasteiger partial charge in [-0.2, -0.15) is 0 Å². The van der Waals surface area contributed by atoms with Gasteiger partial charge >= 0.3 is 5.97 Å². The standard InChI is InChI=1S/C15H23NO2/c1-4-6-11-16(5-2)12-13-7-9-14(10-8-13)15(17)18-3/h7-10H,4-6,11-12H2,1-3H3. The number of methoxy groups -OCH3 is 1. The van der Waals surface area contributed by atoms with E-state index < -0.39 is 0 Å². The largest absolute Gasteiger partial charge is 0.465 e. The van der Waals surface area contributed by atoms with Gasteiger partial charge in [0, 0.05) is 6.54 Å². The smallest absolute Gasteiger partial charge is 0.337 e. The predicted molar refractivity (Wildman–Crippen MR) is 73.6 cm³/mol. The van der Waals surface area contributed by atoms with E-state index in [2.05, 4.69) is 23.5 Å². The van der Waals surface area contributed by atoms with Crippen LogP contribution in [-0.4, -0.2) is 31.1 Å². The summed E-state index contributed by atoms with van der Waals surface area (Å²) in [4.78, 5) is 13.7. The van der Waals surface area contributed by atoms with Gasteiger partial charge in [-0.3, -0.25) is 4.90 Å². The number of benzene rings is 1. The lowest BCUT2D eigenvalue weighted by atomic mass is 10.1. The maximum Gasteiger partial charge on any atom is 0.337 e. The third-order valence-electron chi connectivity index (χ3n) is 3.06. The van der Waals surface area contributed by atoms with Crippen LogP contribution in [0.1, 0.15) is 42.6 Å². The fourth-order valence-corrected chi connectivity index (χ4v) is 1.85. The maximum absolute atomic E-state index is 11.3. The van der Waals surface area contributed by atoms with E-state index in [9.17, 15) is 4.79 Å². The molecule has 18 heavy (non-hydrogen) atoms. The summed E-state index contributed by atoms with van der Waals surface area (Å²) in [5, 5.41) is 0. The Morgan fingerprint density at radius 2 is 1.89 bits per heavy atom. The number of ether oxygens (including phenoxy) is 1. The van der Waals surface area contributed by atoms with E-state index >= 15 is 0 Å². The molecule has 0 radical (unpaired) electrons. The molecule has 0 fully saturated rings. The molecule has 1 rings (SSSR count). The topological polar surface area (TPSA) is 29.5 Å². The lowest BCUT2D eigenvalue weighted by molar-refractivity contribution is 0.0600. The zero-order valence-electron chi connectivity index (χ0n) is 11.6. The SMILES string of the molecule is CCCCN(CC)Cc1ccc(C(=O)OC)cc1. The first-order valence-electron chi connectivity index (χ1n) is 6.60. The highest BCUT2D eigenvalue weighted by molar-refractivity contribution is 5.89. The van der Waals surface area contributed by atoms with E-state index in [1.54, 1.807) is 0 Å². The van der Waals surface area contributed by atoms with Gasteiger partial charge in [0.2, 0.25) is 0 Å². The molecule has 0 aliphatic carbocycles. The molecule has 0 unspecified atom stereocenters. The third kappa shape index (κ3) is 4.49. The van der Waals surface area contributed by atoms with Crippen molar-refractivity contribution in [2.24, 2.45) is 0 Å². The highest BCUT2D eigenvalue weighted by Gasteiger charge is 2.06. The number of carbonyl (C=O) groups is 1. The van der Waals surface area contributed by atoms with Crippen LogP contribution in [0.3, 0.4) is 0 Å². The van der Waals surface area contributed by atoms with Gasteiger partial charge in [0.25, 0.3) is 0 Å². The zero-order valence-corrected chi connectivity index (χ0v) is 11.6. The second kappa shape index (κ2) is 7.88. The van der Waals surface area contributed by atoms with Gasteiger partial charge in [0.05, 0.1) is 12.7 Å². The Bertz CT molecular complexity index is 359. The van der Waals surface area contributed by atoms with Crippen molar-refractivity contribution >= 4 is 5.97 Å². The molecule has 0 aromatic heterocycles. The van der Waals surface area contributed by atoms with Crippen LogP contribution in [0.15, 0.2) is 24.3 Å². The molecule has 3 nitrogen and oxygen atoms in total. The third-order valence-corrected chi connectivity index (χ3v) is 3.06. The molecule has 1 aromatic carbocycles. The molecular formula is C15H23NO2. The number of hydrogen-bond acceptors (Lipinski definition) is 3. The molecule has 0 saturated carbocycles. The lowest BCUT2D eigenvalue weighted by Gasteiger charge is -2.20. The molecular weight excluding hydrogens is 226 g/mol. The normalized spacial score (nSPS) is 10.7. The highest BCUT2D eigenvalue weighted by Crippen LogP contribution is 2.09. The average Bonchev–Trinajstić information content (AvgIpc) is 2.43. The van der Waals surface area contributed by atoms with E-state index in [4.69, 9.17) is 0 Å². The van der Waals surface area contributed by atoms with Gasteiger partial charge in [-0.15, -0.1) is 0 Å². The Morgan fingerprint density at radius 3 is 2.39 bits per heavy atom. The molecule has 0 N–H and O–H groups in total. The predicted octanol–water partition coefficient (Wildman–Crippen LogP) is 3.10. The minimum atomic E-state index is -0.278. The number of esters is 1. The first kappa shape index (κ1) is 14.7. The van der Waals surface area contributed by atoms with Crippen molar-refractivity contribution in [3.05, 3.63) is 35.4 Å². The van der Waals surface area contributed by atoms with Crippen LogP contribution >= 0.6 is 0 Å². The number of rotatable bonds is 7. The van der Waals surface area contributed by atoms with Crippen molar-refractivity contribution in [3.63, 3.8) is 0 Å². The molecule has 0 aliphatic rings. The number of carbonyl (C=O) groups excluding carboxylic acids is 1. The Balaban J connectivity index is 2.59. The van der Waals surface area contributed by atoms with Crippen LogP contribution in [0, 0.1) is 0 Å². The van der Waals surface area contributed by atoms with Gasteiger partial charge in [0.1, 0.15) is 0 Å². The first-order chi connectivity index (χ1) is 8.71. The van der Waals surface area contributed by atoms with E-state index in [-0.39, 0.29) is 5.97 Å². The molecule has 0 atom stereocenters. The number of unbranched alkanes of at least 4 members (excludes halogenated alkanes) is 1. The van der Waals surface area contributed by atoms with Crippen molar-refractivity contribution < 1.29 is 9.53 Å². The summed E-state index contributed by atoms with van der Waals surface area (Å²) in [6.45, 7) is 7.51. The van der Waals surface area contributed by atoms with E-state index in [0.29, 0.717) is 5.56 Å². The number of nitrogens with zero attached hydrogens (tertiary/aromatic N) is 1. The minimum absolute atomic E-state index is 0.278. The van der Waals surface area contributed by atoms with Crippen molar-refractivity contribution in [1.29, 1.82) is 0 Å². The molecule has 0 aliphatic heterocycles. The van der Waals surface area contributed by atoms with Crippen LogP contribution < -0.4 is 0 Å².